The molecule has 4 nitrogen and oxygen atoms in total. The molecular weight excluding hydrogens is 250 g/mol. The fourth-order valence-corrected chi connectivity index (χ4v) is 4.26. The molecule has 106 valence electrons. The first-order chi connectivity index (χ1) is 8.42. The quantitative estimate of drug-likeness (QED) is 0.774. The molecule has 2 aliphatic rings. The zero-order valence-corrected chi connectivity index (χ0v) is 12.0. The van der Waals surface area contributed by atoms with E-state index in [-0.39, 0.29) is 12.3 Å². The summed E-state index contributed by atoms with van der Waals surface area (Å²) in [6.45, 7) is 2.37. The molecule has 2 fully saturated rings. The molecule has 0 bridgehead atoms. The van der Waals surface area contributed by atoms with Gasteiger partial charge in [0.1, 0.15) is 0 Å². The van der Waals surface area contributed by atoms with Crippen molar-refractivity contribution in [2.45, 2.75) is 57.5 Å². The highest BCUT2D eigenvalue weighted by Gasteiger charge is 2.34. The molecule has 2 aliphatic carbocycles. The molecule has 0 aromatic carbocycles. The number of nitrogens with one attached hydrogen (secondary N) is 1. The third kappa shape index (κ3) is 4.21. The Hall–Kier alpha value is -0.130. The Morgan fingerprint density at radius 1 is 1.17 bits per heavy atom. The second-order valence-corrected chi connectivity index (χ2v) is 7.97. The minimum Gasteiger partial charge on any atom is -0.389 e. The standard InChI is InChI=1S/C13H25NO3S/c1-2-11-5-7-13(15,8-6-11)10-14-18(16,17)9-12-3-4-12/h11-12,14-15H,2-10H2,1H3. The van der Waals surface area contributed by atoms with E-state index in [1.54, 1.807) is 0 Å². The summed E-state index contributed by atoms with van der Waals surface area (Å²) in [5.41, 5.74) is -0.817. The molecule has 5 heteroatoms. The van der Waals surface area contributed by atoms with E-state index >= 15 is 0 Å². The van der Waals surface area contributed by atoms with Gasteiger partial charge in [-0.2, -0.15) is 0 Å². The molecule has 0 unspecified atom stereocenters. The van der Waals surface area contributed by atoms with Crippen LogP contribution in [-0.4, -0.2) is 31.4 Å². The number of rotatable bonds is 6. The van der Waals surface area contributed by atoms with Crippen molar-refractivity contribution >= 4 is 10.0 Å². The monoisotopic (exact) mass is 275 g/mol. The molecule has 2 N–H and O–H groups in total. The molecule has 2 rings (SSSR count). The molecule has 18 heavy (non-hydrogen) atoms. The van der Waals surface area contributed by atoms with Gasteiger partial charge in [0.15, 0.2) is 0 Å². The van der Waals surface area contributed by atoms with Crippen molar-refractivity contribution in [1.29, 1.82) is 0 Å². The lowest BCUT2D eigenvalue weighted by Crippen LogP contribution is -2.45. The summed E-state index contributed by atoms with van der Waals surface area (Å²) >= 11 is 0. The van der Waals surface area contributed by atoms with Crippen molar-refractivity contribution < 1.29 is 13.5 Å². The fraction of sp³-hybridized carbons (Fsp3) is 1.00. The molecule has 0 heterocycles. The van der Waals surface area contributed by atoms with Crippen LogP contribution in [0.25, 0.3) is 0 Å². The predicted molar refractivity (Wildman–Crippen MR) is 71.7 cm³/mol. The van der Waals surface area contributed by atoms with E-state index in [2.05, 4.69) is 11.6 Å². The van der Waals surface area contributed by atoms with Crippen molar-refractivity contribution in [2.24, 2.45) is 11.8 Å². The average Bonchev–Trinajstić information content (AvgIpc) is 3.11. The van der Waals surface area contributed by atoms with Gasteiger partial charge in [-0.3, -0.25) is 0 Å². The first-order valence-corrected chi connectivity index (χ1v) is 8.77. The molecule has 0 saturated heterocycles. The Bertz CT molecular complexity index is 368. The van der Waals surface area contributed by atoms with Gasteiger partial charge in [0.05, 0.1) is 11.4 Å². The maximum atomic E-state index is 11.8. The van der Waals surface area contributed by atoms with Crippen LogP contribution < -0.4 is 4.72 Å². The van der Waals surface area contributed by atoms with Crippen LogP contribution in [0.2, 0.25) is 0 Å². The number of aliphatic hydroxyl groups is 1. The number of hydrogen-bond donors (Lipinski definition) is 2. The first-order valence-electron chi connectivity index (χ1n) is 7.12. The summed E-state index contributed by atoms with van der Waals surface area (Å²) in [5, 5.41) is 10.4. The Labute approximate surface area is 110 Å². The Morgan fingerprint density at radius 2 is 1.78 bits per heavy atom. The van der Waals surface area contributed by atoms with Gasteiger partial charge in [-0.05, 0) is 50.4 Å². The number of sulfonamides is 1. The molecule has 0 spiro atoms. The second-order valence-electron chi connectivity index (χ2n) is 6.12. The molecule has 0 amide bonds. The van der Waals surface area contributed by atoms with Gasteiger partial charge < -0.3 is 5.11 Å². The zero-order chi connectivity index (χ0) is 13.2. The number of hydrogen-bond acceptors (Lipinski definition) is 3. The van der Waals surface area contributed by atoms with Crippen molar-refractivity contribution in [3.05, 3.63) is 0 Å². The maximum absolute atomic E-state index is 11.8. The lowest BCUT2D eigenvalue weighted by Gasteiger charge is -2.35. The highest BCUT2D eigenvalue weighted by Crippen LogP contribution is 2.34. The van der Waals surface area contributed by atoms with Crippen LogP contribution in [0.4, 0.5) is 0 Å². The highest BCUT2D eigenvalue weighted by atomic mass is 32.2. The van der Waals surface area contributed by atoms with Crippen molar-refractivity contribution in [2.75, 3.05) is 12.3 Å². The van der Waals surface area contributed by atoms with Crippen LogP contribution >= 0.6 is 0 Å². The van der Waals surface area contributed by atoms with E-state index in [0.717, 1.165) is 44.9 Å². The molecule has 0 aromatic heterocycles. The zero-order valence-electron chi connectivity index (χ0n) is 11.2. The predicted octanol–water partition coefficient (Wildman–Crippen LogP) is 1.65. The van der Waals surface area contributed by atoms with E-state index in [1.807, 2.05) is 0 Å². The summed E-state index contributed by atoms with van der Waals surface area (Å²) < 4.78 is 26.1. The second kappa shape index (κ2) is 5.47. The average molecular weight is 275 g/mol. The van der Waals surface area contributed by atoms with Crippen LogP contribution in [-0.2, 0) is 10.0 Å². The summed E-state index contributed by atoms with van der Waals surface area (Å²) in [6.07, 6.45) is 6.68. The first kappa shape index (κ1) is 14.3. The topological polar surface area (TPSA) is 66.4 Å². The van der Waals surface area contributed by atoms with Crippen LogP contribution in [0.1, 0.15) is 51.9 Å². The van der Waals surface area contributed by atoms with Crippen molar-refractivity contribution in [3.8, 4) is 0 Å². The van der Waals surface area contributed by atoms with Gasteiger partial charge in [-0.25, -0.2) is 13.1 Å². The third-order valence-electron chi connectivity index (χ3n) is 4.39. The van der Waals surface area contributed by atoms with Crippen LogP contribution in [0.5, 0.6) is 0 Å². The smallest absolute Gasteiger partial charge is 0.211 e. The highest BCUT2D eigenvalue weighted by molar-refractivity contribution is 7.89. The minimum atomic E-state index is -3.18. The van der Waals surface area contributed by atoms with E-state index in [9.17, 15) is 13.5 Å². The van der Waals surface area contributed by atoms with Crippen LogP contribution in [0.3, 0.4) is 0 Å². The maximum Gasteiger partial charge on any atom is 0.211 e. The van der Waals surface area contributed by atoms with Crippen LogP contribution in [0, 0.1) is 11.8 Å². The molecule has 0 radical (unpaired) electrons. The SMILES string of the molecule is CCC1CCC(O)(CNS(=O)(=O)CC2CC2)CC1. The largest absolute Gasteiger partial charge is 0.389 e. The van der Waals surface area contributed by atoms with Gasteiger partial charge in [0.2, 0.25) is 10.0 Å². The van der Waals surface area contributed by atoms with Crippen molar-refractivity contribution in [1.82, 2.24) is 4.72 Å². The lowest BCUT2D eigenvalue weighted by atomic mass is 9.78. The van der Waals surface area contributed by atoms with Crippen LogP contribution in [0.15, 0.2) is 0 Å². The van der Waals surface area contributed by atoms with Gasteiger partial charge in [-0.15, -0.1) is 0 Å². The third-order valence-corrected chi connectivity index (χ3v) is 5.88. The molecule has 0 aromatic rings. The summed E-state index contributed by atoms with van der Waals surface area (Å²) in [6, 6.07) is 0. The Morgan fingerprint density at radius 3 is 2.28 bits per heavy atom. The lowest BCUT2D eigenvalue weighted by molar-refractivity contribution is -0.00443. The molecular formula is C13H25NO3S. The van der Waals surface area contributed by atoms with E-state index in [0.29, 0.717) is 11.8 Å². The van der Waals surface area contributed by atoms with E-state index in [4.69, 9.17) is 0 Å². The van der Waals surface area contributed by atoms with Crippen molar-refractivity contribution in [3.63, 3.8) is 0 Å². The Kier molecular flexibility index (Phi) is 4.34. The molecule has 2 saturated carbocycles. The van der Waals surface area contributed by atoms with E-state index < -0.39 is 15.6 Å². The van der Waals surface area contributed by atoms with Gasteiger partial charge in [0.25, 0.3) is 0 Å². The Balaban J connectivity index is 1.78. The summed E-state index contributed by atoms with van der Waals surface area (Å²) in [4.78, 5) is 0. The minimum absolute atomic E-state index is 0.193. The van der Waals surface area contributed by atoms with E-state index in [1.165, 1.54) is 0 Å². The molecule has 0 atom stereocenters. The summed E-state index contributed by atoms with van der Waals surface area (Å²) in [5.74, 6) is 1.29. The summed E-state index contributed by atoms with van der Waals surface area (Å²) in [7, 11) is -3.18. The normalized spacial score (nSPS) is 33.6. The molecule has 0 aliphatic heterocycles. The van der Waals surface area contributed by atoms with Gasteiger partial charge in [-0.1, -0.05) is 13.3 Å². The van der Waals surface area contributed by atoms with Gasteiger partial charge in [0, 0.05) is 6.54 Å². The fourth-order valence-electron chi connectivity index (χ4n) is 2.70. The van der Waals surface area contributed by atoms with Gasteiger partial charge >= 0.3 is 0 Å².